The molecule has 2 aromatic rings. The van der Waals surface area contributed by atoms with Crippen molar-refractivity contribution in [3.63, 3.8) is 0 Å². The van der Waals surface area contributed by atoms with Crippen molar-refractivity contribution < 1.29 is 20.1 Å². The van der Waals surface area contributed by atoms with Crippen molar-refractivity contribution in [2.75, 3.05) is 19.7 Å². The van der Waals surface area contributed by atoms with E-state index in [0.29, 0.717) is 23.8 Å². The van der Waals surface area contributed by atoms with Crippen molar-refractivity contribution in [3.05, 3.63) is 71.8 Å². The van der Waals surface area contributed by atoms with Crippen molar-refractivity contribution in [3.8, 4) is 0 Å². The van der Waals surface area contributed by atoms with Gasteiger partial charge in [0.2, 0.25) is 5.60 Å². The lowest BCUT2D eigenvalue weighted by molar-refractivity contribution is -0.155. The van der Waals surface area contributed by atoms with Gasteiger partial charge in [-0.05, 0) is 44.0 Å². The van der Waals surface area contributed by atoms with Crippen molar-refractivity contribution in [1.29, 1.82) is 0 Å². The normalized spacial score (nSPS) is 16.4. The minimum atomic E-state index is -2.00. The molecule has 3 rings (SSSR count). The molecule has 0 aromatic heterocycles. The molecule has 1 saturated heterocycles. The van der Waals surface area contributed by atoms with Crippen LogP contribution in [-0.4, -0.2) is 51.9 Å². The second-order valence-corrected chi connectivity index (χ2v) is 7.94. The fourth-order valence-electron chi connectivity index (χ4n) is 3.78. The summed E-state index contributed by atoms with van der Waals surface area (Å²) in [5.74, 6) is -1.28. The molecule has 172 valence electrons. The van der Waals surface area contributed by atoms with Crippen LogP contribution in [0.2, 0.25) is 0 Å². The Kier molecular flexibility index (Phi) is 12.4. The molecule has 1 aliphatic rings. The van der Waals surface area contributed by atoms with Gasteiger partial charge in [0, 0.05) is 6.04 Å². The van der Waals surface area contributed by atoms with Crippen LogP contribution in [0.1, 0.15) is 56.6 Å². The van der Waals surface area contributed by atoms with Crippen LogP contribution in [0.25, 0.3) is 0 Å². The first-order chi connectivity index (χ1) is 14.5. The molecule has 0 bridgehead atoms. The minimum Gasteiger partial charge on any atom is -0.479 e. The second-order valence-electron chi connectivity index (χ2n) is 7.94. The molecule has 31 heavy (non-hydrogen) atoms. The molecule has 0 aliphatic carbocycles. The highest BCUT2D eigenvalue weighted by molar-refractivity contribution is 5.85. The van der Waals surface area contributed by atoms with Crippen LogP contribution in [0, 0.1) is 0 Å². The standard InChI is InChI=1S/C14H12O3.C11H23NO.ClH/c15-13(16)14(17,11-7-3-1-4-8-11)12-9-5-2-6-10-12;1-11(10-13)12-8-6-4-2-3-5-7-9-12;/h1-10,17H,(H,15,16);11,13H,2-10H2,1H3;1H. The summed E-state index contributed by atoms with van der Waals surface area (Å²) in [6.45, 7) is 4.79. The molecule has 3 N–H and O–H groups in total. The first kappa shape index (κ1) is 27.1. The fraction of sp³-hybridized carbons (Fsp3) is 0.480. The molecular weight excluding hydrogens is 414 g/mol. The number of aliphatic carboxylic acids is 1. The Hall–Kier alpha value is -1.92. The topological polar surface area (TPSA) is 81.0 Å². The summed E-state index contributed by atoms with van der Waals surface area (Å²) >= 11 is 0. The van der Waals surface area contributed by atoms with Gasteiger partial charge in [0.1, 0.15) is 0 Å². The van der Waals surface area contributed by atoms with Gasteiger partial charge in [-0.2, -0.15) is 0 Å². The van der Waals surface area contributed by atoms with E-state index < -0.39 is 11.6 Å². The third kappa shape index (κ3) is 7.93. The lowest BCUT2D eigenvalue weighted by Crippen LogP contribution is -2.37. The SMILES string of the molecule is CC(CO)N1CCCCCCCC1.Cl.O=C(O)C(O)(c1ccccc1)c1ccccc1. The number of rotatable bonds is 5. The molecule has 0 radical (unpaired) electrons. The van der Waals surface area contributed by atoms with E-state index in [0.717, 1.165) is 0 Å². The number of carboxylic acid groups (broad SMARTS) is 1. The summed E-state index contributed by atoms with van der Waals surface area (Å²) in [5.41, 5.74) is -1.31. The number of halogens is 1. The number of aliphatic hydroxyl groups excluding tert-OH is 1. The van der Waals surface area contributed by atoms with Crippen LogP contribution in [0.3, 0.4) is 0 Å². The van der Waals surface area contributed by atoms with E-state index in [2.05, 4.69) is 11.8 Å². The highest BCUT2D eigenvalue weighted by Crippen LogP contribution is 2.29. The smallest absolute Gasteiger partial charge is 0.345 e. The minimum absolute atomic E-state index is 0. The summed E-state index contributed by atoms with van der Waals surface area (Å²) < 4.78 is 0. The van der Waals surface area contributed by atoms with E-state index in [9.17, 15) is 15.0 Å². The number of benzene rings is 2. The first-order valence-electron chi connectivity index (χ1n) is 10.9. The number of hydrogen-bond donors (Lipinski definition) is 3. The monoisotopic (exact) mass is 449 g/mol. The Balaban J connectivity index is 0.000000311. The number of hydrogen-bond acceptors (Lipinski definition) is 4. The van der Waals surface area contributed by atoms with Crippen molar-refractivity contribution >= 4 is 18.4 Å². The summed E-state index contributed by atoms with van der Waals surface area (Å²) in [6, 6.07) is 17.1. The summed E-state index contributed by atoms with van der Waals surface area (Å²) in [5, 5.41) is 28.8. The van der Waals surface area contributed by atoms with Crippen LogP contribution in [0.15, 0.2) is 60.7 Å². The van der Waals surface area contributed by atoms with Crippen molar-refractivity contribution in [2.45, 2.75) is 57.1 Å². The van der Waals surface area contributed by atoms with Gasteiger partial charge in [-0.1, -0.05) is 86.3 Å². The van der Waals surface area contributed by atoms with Gasteiger partial charge >= 0.3 is 5.97 Å². The van der Waals surface area contributed by atoms with Crippen LogP contribution in [0.5, 0.6) is 0 Å². The van der Waals surface area contributed by atoms with Gasteiger partial charge in [0.15, 0.2) is 0 Å². The van der Waals surface area contributed by atoms with Gasteiger partial charge in [-0.15, -0.1) is 12.4 Å². The zero-order chi connectivity index (χ0) is 21.8. The maximum atomic E-state index is 11.4. The van der Waals surface area contributed by atoms with Crippen LogP contribution >= 0.6 is 12.4 Å². The van der Waals surface area contributed by atoms with E-state index in [1.165, 1.54) is 51.6 Å². The molecule has 1 fully saturated rings. The third-order valence-electron chi connectivity index (χ3n) is 5.72. The molecule has 6 heteroatoms. The number of aliphatic hydroxyl groups is 2. The fourth-order valence-corrected chi connectivity index (χ4v) is 3.78. The van der Waals surface area contributed by atoms with Gasteiger partial charge in [0.05, 0.1) is 6.61 Å². The molecule has 1 unspecified atom stereocenters. The lowest BCUT2D eigenvalue weighted by Gasteiger charge is -2.27. The Morgan fingerprint density at radius 3 is 1.61 bits per heavy atom. The predicted molar refractivity (Wildman–Crippen MR) is 127 cm³/mol. The quantitative estimate of drug-likeness (QED) is 0.628. The van der Waals surface area contributed by atoms with Crippen molar-refractivity contribution in [2.24, 2.45) is 0 Å². The second kappa shape index (κ2) is 14.2. The number of carbonyl (C=O) groups is 1. The number of carboxylic acids is 1. The highest BCUT2D eigenvalue weighted by Gasteiger charge is 2.39. The zero-order valence-corrected chi connectivity index (χ0v) is 19.1. The lowest BCUT2D eigenvalue weighted by atomic mass is 9.86. The summed E-state index contributed by atoms with van der Waals surface area (Å²) in [4.78, 5) is 13.8. The van der Waals surface area contributed by atoms with Crippen LogP contribution in [0.4, 0.5) is 0 Å². The van der Waals surface area contributed by atoms with E-state index in [-0.39, 0.29) is 12.4 Å². The summed E-state index contributed by atoms with van der Waals surface area (Å²) in [6.07, 6.45) is 8.17. The predicted octanol–water partition coefficient (Wildman–Crippen LogP) is 4.45. The Morgan fingerprint density at radius 1 is 0.871 bits per heavy atom. The molecule has 0 spiro atoms. The van der Waals surface area contributed by atoms with E-state index in [1.54, 1.807) is 60.7 Å². The molecule has 2 aromatic carbocycles. The van der Waals surface area contributed by atoms with Crippen molar-refractivity contribution in [1.82, 2.24) is 4.90 Å². The highest BCUT2D eigenvalue weighted by atomic mass is 35.5. The van der Waals surface area contributed by atoms with E-state index in [1.807, 2.05) is 0 Å². The van der Waals surface area contributed by atoms with Crippen LogP contribution < -0.4 is 0 Å². The van der Waals surface area contributed by atoms with Gasteiger partial charge in [-0.3, -0.25) is 4.90 Å². The Bertz CT molecular complexity index is 692. The average molecular weight is 450 g/mol. The molecule has 0 saturated carbocycles. The molecule has 1 heterocycles. The van der Waals surface area contributed by atoms with Gasteiger partial charge in [0.25, 0.3) is 0 Å². The maximum Gasteiger partial charge on any atom is 0.345 e. The zero-order valence-electron chi connectivity index (χ0n) is 18.3. The number of nitrogens with zero attached hydrogens (tertiary/aromatic N) is 1. The van der Waals surface area contributed by atoms with E-state index in [4.69, 9.17) is 5.11 Å². The van der Waals surface area contributed by atoms with E-state index >= 15 is 0 Å². The Labute approximate surface area is 192 Å². The average Bonchev–Trinajstić information content (AvgIpc) is 2.93. The van der Waals surface area contributed by atoms with Gasteiger partial charge < -0.3 is 15.3 Å². The first-order valence-corrected chi connectivity index (χ1v) is 10.9. The molecule has 1 aliphatic heterocycles. The molecule has 0 amide bonds. The molecule has 5 nitrogen and oxygen atoms in total. The van der Waals surface area contributed by atoms with Crippen LogP contribution in [-0.2, 0) is 10.4 Å². The molecular formula is C25H36ClNO4. The largest absolute Gasteiger partial charge is 0.479 e. The third-order valence-corrected chi connectivity index (χ3v) is 5.72. The Morgan fingerprint density at radius 2 is 1.26 bits per heavy atom. The maximum absolute atomic E-state index is 11.4. The molecule has 1 atom stereocenters. The van der Waals surface area contributed by atoms with Gasteiger partial charge in [-0.25, -0.2) is 4.79 Å². The summed E-state index contributed by atoms with van der Waals surface area (Å²) in [7, 11) is 0.